The molecule has 0 aliphatic rings. The molecule has 0 radical (unpaired) electrons. The Hall–Kier alpha value is -2.49. The zero-order valence-corrected chi connectivity index (χ0v) is 8.96. The number of para-hydroxylation sites is 1. The van der Waals surface area contributed by atoms with Crippen LogP contribution in [0, 0.1) is 4.91 Å². The number of nitrogens with one attached hydrogen (secondary N) is 1. The molecule has 0 unspecified atom stereocenters. The van der Waals surface area contributed by atoms with E-state index in [-0.39, 0.29) is 0 Å². The minimum atomic E-state index is -0.895. The molecule has 2 aromatic carbocycles. The second-order valence-corrected chi connectivity index (χ2v) is 3.43. The van der Waals surface area contributed by atoms with Crippen LogP contribution in [0.3, 0.4) is 0 Å². The Bertz CT molecular complexity index is 538. The molecule has 0 heterocycles. The average Bonchev–Trinajstić information content (AvgIpc) is 2.40. The van der Waals surface area contributed by atoms with Crippen LogP contribution >= 0.6 is 0 Å². The van der Waals surface area contributed by atoms with Crippen LogP contribution in [0.15, 0.2) is 59.8 Å². The normalized spacial score (nSPS) is 9.65. The molecular weight excluding hydrogens is 216 g/mol. The first kappa shape index (κ1) is 11.0. The van der Waals surface area contributed by atoms with Gasteiger partial charge in [-0.1, -0.05) is 48.5 Å². The van der Waals surface area contributed by atoms with Gasteiger partial charge < -0.3 is 5.32 Å². The van der Waals surface area contributed by atoms with Crippen molar-refractivity contribution in [2.24, 2.45) is 5.18 Å². The summed E-state index contributed by atoms with van der Waals surface area (Å²) in [5.41, 5.74) is 2.39. The number of carbonyl (C=O) groups is 1. The Kier molecular flexibility index (Phi) is 3.25. The van der Waals surface area contributed by atoms with Crippen LogP contribution in [0.25, 0.3) is 11.1 Å². The van der Waals surface area contributed by atoms with Crippen molar-refractivity contribution in [2.45, 2.75) is 0 Å². The zero-order valence-electron chi connectivity index (χ0n) is 8.96. The third-order valence-corrected chi connectivity index (χ3v) is 2.34. The predicted octanol–water partition coefficient (Wildman–Crippen LogP) is 3.65. The van der Waals surface area contributed by atoms with E-state index in [0.29, 0.717) is 5.69 Å². The first-order chi connectivity index (χ1) is 8.31. The van der Waals surface area contributed by atoms with Crippen LogP contribution < -0.4 is 5.32 Å². The fourth-order valence-corrected chi connectivity index (χ4v) is 1.60. The van der Waals surface area contributed by atoms with Crippen molar-refractivity contribution in [2.75, 3.05) is 5.32 Å². The Labute approximate surface area is 98.3 Å². The molecule has 2 amide bonds. The lowest BCUT2D eigenvalue weighted by Crippen LogP contribution is -2.06. The molecule has 1 N–H and O–H groups in total. The van der Waals surface area contributed by atoms with Crippen molar-refractivity contribution >= 4 is 11.7 Å². The largest absolute Gasteiger partial charge is 0.383 e. The van der Waals surface area contributed by atoms with Crippen molar-refractivity contribution in [3.63, 3.8) is 0 Å². The maximum atomic E-state index is 11.0. The number of nitrogens with zero attached hydrogens (tertiary/aromatic N) is 1. The highest BCUT2D eigenvalue weighted by Gasteiger charge is 2.07. The lowest BCUT2D eigenvalue weighted by atomic mass is 10.0. The number of rotatable bonds is 2. The molecule has 84 valence electrons. The van der Waals surface area contributed by atoms with E-state index in [9.17, 15) is 9.70 Å². The van der Waals surface area contributed by atoms with Gasteiger partial charge in [0.2, 0.25) is 0 Å². The lowest BCUT2D eigenvalue weighted by molar-refractivity contribution is 0.259. The summed E-state index contributed by atoms with van der Waals surface area (Å²) in [4.78, 5) is 21.1. The van der Waals surface area contributed by atoms with Gasteiger partial charge in [-0.25, -0.2) is 4.79 Å². The summed E-state index contributed by atoms with van der Waals surface area (Å²) < 4.78 is 0. The van der Waals surface area contributed by atoms with Crippen LogP contribution in [0.4, 0.5) is 10.5 Å². The SMILES string of the molecule is O=NC(=O)Nc1ccccc1-c1ccccc1. The Balaban J connectivity index is 2.41. The van der Waals surface area contributed by atoms with Crippen molar-refractivity contribution in [1.29, 1.82) is 0 Å². The molecule has 4 heteroatoms. The van der Waals surface area contributed by atoms with Crippen LogP contribution in [-0.2, 0) is 0 Å². The van der Waals surface area contributed by atoms with Crippen LogP contribution in [0.2, 0.25) is 0 Å². The Morgan fingerprint density at radius 3 is 2.29 bits per heavy atom. The summed E-state index contributed by atoms with van der Waals surface area (Å²) >= 11 is 0. The van der Waals surface area contributed by atoms with Crippen LogP contribution in [-0.4, -0.2) is 6.03 Å². The molecule has 2 rings (SSSR count). The van der Waals surface area contributed by atoms with Gasteiger partial charge >= 0.3 is 6.03 Å². The number of hydrogen-bond donors (Lipinski definition) is 1. The smallest absolute Gasteiger partial charge is 0.303 e. The number of amides is 2. The zero-order chi connectivity index (χ0) is 12.1. The van der Waals surface area contributed by atoms with E-state index >= 15 is 0 Å². The van der Waals surface area contributed by atoms with Crippen molar-refractivity contribution in [3.8, 4) is 11.1 Å². The van der Waals surface area contributed by atoms with Crippen LogP contribution in [0.1, 0.15) is 0 Å². The first-order valence-electron chi connectivity index (χ1n) is 5.10. The fourth-order valence-electron chi connectivity index (χ4n) is 1.60. The number of carbonyl (C=O) groups excluding carboxylic acids is 1. The van der Waals surface area contributed by atoms with E-state index in [2.05, 4.69) is 10.5 Å². The topological polar surface area (TPSA) is 58.5 Å². The van der Waals surface area contributed by atoms with E-state index in [1.54, 1.807) is 12.1 Å². The van der Waals surface area contributed by atoms with Gasteiger partial charge in [-0.3, -0.25) is 0 Å². The monoisotopic (exact) mass is 226 g/mol. The number of nitroso groups, excluding NO2 is 1. The maximum absolute atomic E-state index is 11.0. The molecule has 0 saturated carbocycles. The molecule has 0 fully saturated rings. The molecule has 0 aliphatic carbocycles. The van der Waals surface area contributed by atoms with Crippen molar-refractivity contribution in [1.82, 2.24) is 0 Å². The summed E-state index contributed by atoms with van der Waals surface area (Å²) in [5, 5.41) is 4.76. The highest BCUT2D eigenvalue weighted by Crippen LogP contribution is 2.27. The second-order valence-electron chi connectivity index (χ2n) is 3.43. The summed E-state index contributed by atoms with van der Waals surface area (Å²) in [7, 11) is 0. The maximum Gasteiger partial charge on any atom is 0.383 e. The molecule has 0 bridgehead atoms. The number of hydrogen-bond acceptors (Lipinski definition) is 2. The van der Waals surface area contributed by atoms with E-state index in [1.165, 1.54) is 0 Å². The van der Waals surface area contributed by atoms with Gasteiger partial charge in [0.15, 0.2) is 0 Å². The Morgan fingerprint density at radius 1 is 0.941 bits per heavy atom. The summed E-state index contributed by atoms with van der Waals surface area (Å²) in [6.07, 6.45) is 0. The minimum absolute atomic E-state index is 0.573. The Morgan fingerprint density at radius 2 is 1.59 bits per heavy atom. The molecule has 0 atom stereocenters. The van der Waals surface area contributed by atoms with Gasteiger partial charge in [0.1, 0.15) is 0 Å². The van der Waals surface area contributed by atoms with Gasteiger partial charge in [0, 0.05) is 10.7 Å². The van der Waals surface area contributed by atoms with E-state index in [4.69, 9.17) is 0 Å². The van der Waals surface area contributed by atoms with Gasteiger partial charge in [-0.15, -0.1) is 4.91 Å². The highest BCUT2D eigenvalue weighted by atomic mass is 16.3. The van der Waals surface area contributed by atoms with Crippen molar-refractivity contribution in [3.05, 3.63) is 59.5 Å². The molecular formula is C13H10N2O2. The second kappa shape index (κ2) is 5.03. The highest BCUT2D eigenvalue weighted by molar-refractivity contribution is 5.94. The molecule has 17 heavy (non-hydrogen) atoms. The lowest BCUT2D eigenvalue weighted by Gasteiger charge is -2.08. The third-order valence-electron chi connectivity index (χ3n) is 2.34. The van der Waals surface area contributed by atoms with Crippen molar-refractivity contribution < 1.29 is 4.79 Å². The molecule has 0 aromatic heterocycles. The fraction of sp³-hybridized carbons (Fsp3) is 0. The molecule has 0 aliphatic heterocycles. The molecule has 2 aromatic rings. The van der Waals surface area contributed by atoms with Gasteiger partial charge in [-0.2, -0.15) is 0 Å². The number of benzene rings is 2. The number of anilines is 1. The van der Waals surface area contributed by atoms with Gasteiger partial charge in [-0.05, 0) is 11.6 Å². The van der Waals surface area contributed by atoms with E-state index < -0.39 is 6.03 Å². The minimum Gasteiger partial charge on any atom is -0.303 e. The van der Waals surface area contributed by atoms with E-state index in [0.717, 1.165) is 11.1 Å². The quantitative estimate of drug-likeness (QED) is 0.794. The molecule has 0 spiro atoms. The predicted molar refractivity (Wildman–Crippen MR) is 66.7 cm³/mol. The molecule has 4 nitrogen and oxygen atoms in total. The van der Waals surface area contributed by atoms with Gasteiger partial charge in [0.05, 0.1) is 5.69 Å². The standard InChI is InChI=1S/C13H10N2O2/c16-13(15-17)14-12-9-5-4-8-11(12)10-6-2-1-3-7-10/h1-9H,(H,14,16). The summed E-state index contributed by atoms with van der Waals surface area (Å²) in [6, 6.07) is 15.9. The van der Waals surface area contributed by atoms with Crippen LogP contribution in [0.5, 0.6) is 0 Å². The third kappa shape index (κ3) is 2.55. The molecule has 0 saturated heterocycles. The van der Waals surface area contributed by atoms with E-state index in [1.807, 2.05) is 42.5 Å². The summed E-state index contributed by atoms with van der Waals surface area (Å²) in [6.45, 7) is 0. The summed E-state index contributed by atoms with van der Waals surface area (Å²) in [5.74, 6) is 0. The van der Waals surface area contributed by atoms with Gasteiger partial charge in [0.25, 0.3) is 0 Å². The first-order valence-corrected chi connectivity index (χ1v) is 5.10. The average molecular weight is 226 g/mol. The number of urea groups is 1.